The summed E-state index contributed by atoms with van der Waals surface area (Å²) >= 11 is 0. The van der Waals surface area contributed by atoms with E-state index in [1.165, 1.54) is 19.3 Å². The number of nitrogens with one attached hydrogen (secondary N) is 1. The number of carbonyl (C=O) groups is 2. The lowest BCUT2D eigenvalue weighted by atomic mass is 10.2. The standard InChI is InChI=1S/C8H17NO.C7H15NO/c1-4-5-6-7-8(10)9(2)3;1-3-4-5-6-7(9)8-2/h4-7H2,1-3H3;3-6H2,1-2H3,(H,8,9). The van der Waals surface area contributed by atoms with E-state index in [9.17, 15) is 9.59 Å². The van der Waals surface area contributed by atoms with Crippen molar-refractivity contribution in [1.82, 2.24) is 10.2 Å². The van der Waals surface area contributed by atoms with Crippen LogP contribution in [0, 0.1) is 0 Å². The van der Waals surface area contributed by atoms with Crippen LogP contribution < -0.4 is 5.32 Å². The van der Waals surface area contributed by atoms with Gasteiger partial charge < -0.3 is 10.2 Å². The highest BCUT2D eigenvalue weighted by molar-refractivity contribution is 5.75. The third-order valence-corrected chi connectivity index (χ3v) is 2.78. The predicted molar refractivity (Wildman–Crippen MR) is 81.0 cm³/mol. The molecular weight excluding hydrogens is 240 g/mol. The van der Waals surface area contributed by atoms with Gasteiger partial charge in [0.15, 0.2) is 0 Å². The molecule has 4 heteroatoms. The zero-order valence-electron chi connectivity index (χ0n) is 13.4. The maximum atomic E-state index is 10.9. The molecule has 0 fully saturated rings. The van der Waals surface area contributed by atoms with Gasteiger partial charge in [-0.15, -0.1) is 0 Å². The predicted octanol–water partition coefficient (Wildman–Crippen LogP) is 2.97. The van der Waals surface area contributed by atoms with Gasteiger partial charge >= 0.3 is 0 Å². The molecule has 0 unspecified atom stereocenters. The SMILES string of the molecule is CCCCCC(=O)N(C)C.CCCCCC(=O)NC. The fourth-order valence-corrected chi connectivity index (χ4v) is 1.41. The van der Waals surface area contributed by atoms with Crippen LogP contribution in [-0.2, 0) is 9.59 Å². The maximum Gasteiger partial charge on any atom is 0.222 e. The average Bonchev–Trinajstić information content (AvgIpc) is 2.39. The molecule has 114 valence electrons. The Morgan fingerprint density at radius 1 is 0.895 bits per heavy atom. The molecule has 4 nitrogen and oxygen atoms in total. The topological polar surface area (TPSA) is 49.4 Å². The Morgan fingerprint density at radius 2 is 1.37 bits per heavy atom. The van der Waals surface area contributed by atoms with Gasteiger partial charge in [0.25, 0.3) is 0 Å². The Hall–Kier alpha value is -1.06. The quantitative estimate of drug-likeness (QED) is 0.691. The Bertz CT molecular complexity index is 228. The molecule has 0 saturated carbocycles. The highest BCUT2D eigenvalue weighted by Gasteiger charge is 2.01. The van der Waals surface area contributed by atoms with E-state index < -0.39 is 0 Å². The first-order valence-electron chi connectivity index (χ1n) is 7.40. The molecule has 0 spiro atoms. The molecule has 1 N–H and O–H groups in total. The van der Waals surface area contributed by atoms with Gasteiger partial charge in [0.2, 0.25) is 11.8 Å². The molecule has 0 aliphatic rings. The number of hydrogen-bond donors (Lipinski definition) is 1. The van der Waals surface area contributed by atoms with Crippen LogP contribution in [0.25, 0.3) is 0 Å². The number of nitrogens with zero attached hydrogens (tertiary/aromatic N) is 1. The Labute approximate surface area is 118 Å². The molecule has 0 bridgehead atoms. The van der Waals surface area contributed by atoms with Crippen molar-refractivity contribution in [1.29, 1.82) is 0 Å². The molecule has 0 aromatic heterocycles. The summed E-state index contributed by atoms with van der Waals surface area (Å²) in [5, 5.41) is 2.58. The Kier molecular flexibility index (Phi) is 16.0. The van der Waals surface area contributed by atoms with E-state index in [4.69, 9.17) is 0 Å². The van der Waals surface area contributed by atoms with E-state index in [0.29, 0.717) is 12.8 Å². The summed E-state index contributed by atoms with van der Waals surface area (Å²) in [4.78, 5) is 23.2. The van der Waals surface area contributed by atoms with E-state index in [1.54, 1.807) is 26.0 Å². The van der Waals surface area contributed by atoms with Crippen LogP contribution in [0.2, 0.25) is 0 Å². The van der Waals surface area contributed by atoms with Crippen molar-refractivity contribution in [2.24, 2.45) is 0 Å². The van der Waals surface area contributed by atoms with Crippen molar-refractivity contribution in [2.45, 2.75) is 65.2 Å². The second-order valence-electron chi connectivity index (χ2n) is 4.88. The van der Waals surface area contributed by atoms with E-state index in [-0.39, 0.29) is 11.8 Å². The number of amides is 2. The first kappa shape index (κ1) is 20.3. The highest BCUT2D eigenvalue weighted by atomic mass is 16.2. The number of carbonyl (C=O) groups excluding carboxylic acids is 2. The van der Waals surface area contributed by atoms with Crippen molar-refractivity contribution in [3.8, 4) is 0 Å². The van der Waals surface area contributed by atoms with Gasteiger partial charge in [0, 0.05) is 34.0 Å². The Balaban J connectivity index is 0. The monoisotopic (exact) mass is 272 g/mol. The summed E-state index contributed by atoms with van der Waals surface area (Å²) in [6.07, 6.45) is 8.14. The lowest BCUT2D eigenvalue weighted by Crippen LogP contribution is -2.20. The van der Waals surface area contributed by atoms with Crippen molar-refractivity contribution in [2.75, 3.05) is 21.1 Å². The normalized spacial score (nSPS) is 9.32. The van der Waals surface area contributed by atoms with E-state index in [0.717, 1.165) is 19.3 Å². The number of unbranched alkanes of at least 4 members (excludes halogenated alkanes) is 4. The van der Waals surface area contributed by atoms with Gasteiger partial charge in [0.1, 0.15) is 0 Å². The van der Waals surface area contributed by atoms with E-state index >= 15 is 0 Å². The van der Waals surface area contributed by atoms with Crippen molar-refractivity contribution < 1.29 is 9.59 Å². The second-order valence-corrected chi connectivity index (χ2v) is 4.88. The van der Waals surface area contributed by atoms with Gasteiger partial charge in [0.05, 0.1) is 0 Å². The third-order valence-electron chi connectivity index (χ3n) is 2.78. The van der Waals surface area contributed by atoms with Crippen LogP contribution in [0.15, 0.2) is 0 Å². The zero-order chi connectivity index (χ0) is 15.1. The smallest absolute Gasteiger partial charge is 0.222 e. The number of rotatable bonds is 8. The molecule has 0 rings (SSSR count). The first-order valence-corrected chi connectivity index (χ1v) is 7.40. The molecule has 0 aliphatic carbocycles. The minimum atomic E-state index is 0.156. The molecule has 0 aromatic carbocycles. The van der Waals surface area contributed by atoms with Crippen molar-refractivity contribution >= 4 is 11.8 Å². The minimum absolute atomic E-state index is 0.156. The zero-order valence-corrected chi connectivity index (χ0v) is 13.4. The molecule has 2 amide bonds. The fraction of sp³-hybridized carbons (Fsp3) is 0.867. The van der Waals surface area contributed by atoms with Crippen LogP contribution in [0.5, 0.6) is 0 Å². The molecule has 0 saturated heterocycles. The summed E-state index contributed by atoms with van der Waals surface area (Å²) < 4.78 is 0. The second kappa shape index (κ2) is 15.0. The van der Waals surface area contributed by atoms with Crippen LogP contribution in [-0.4, -0.2) is 37.9 Å². The highest BCUT2D eigenvalue weighted by Crippen LogP contribution is 2.00. The summed E-state index contributed by atoms with van der Waals surface area (Å²) in [5.41, 5.74) is 0. The summed E-state index contributed by atoms with van der Waals surface area (Å²) in [6, 6.07) is 0. The van der Waals surface area contributed by atoms with Crippen molar-refractivity contribution in [3.05, 3.63) is 0 Å². The van der Waals surface area contributed by atoms with Gasteiger partial charge in [-0.3, -0.25) is 9.59 Å². The summed E-state index contributed by atoms with van der Waals surface area (Å²) in [5.74, 6) is 0.400. The lowest BCUT2D eigenvalue weighted by molar-refractivity contribution is -0.128. The molecule has 0 atom stereocenters. The van der Waals surface area contributed by atoms with E-state index in [2.05, 4.69) is 19.2 Å². The fourth-order valence-electron chi connectivity index (χ4n) is 1.41. The van der Waals surface area contributed by atoms with Crippen LogP contribution in [0.1, 0.15) is 65.2 Å². The van der Waals surface area contributed by atoms with Crippen LogP contribution in [0.4, 0.5) is 0 Å². The molecule has 0 heterocycles. The molecule has 0 radical (unpaired) electrons. The number of hydrogen-bond acceptors (Lipinski definition) is 2. The largest absolute Gasteiger partial charge is 0.359 e. The molecular formula is C15H32N2O2. The Morgan fingerprint density at radius 3 is 1.74 bits per heavy atom. The van der Waals surface area contributed by atoms with Crippen LogP contribution in [0.3, 0.4) is 0 Å². The summed E-state index contributed by atoms with van der Waals surface area (Å²) in [6.45, 7) is 4.27. The molecule has 0 aliphatic heterocycles. The maximum absolute atomic E-state index is 10.9. The average molecular weight is 272 g/mol. The molecule has 0 aromatic rings. The van der Waals surface area contributed by atoms with Crippen LogP contribution >= 0.6 is 0 Å². The molecule has 19 heavy (non-hydrogen) atoms. The van der Waals surface area contributed by atoms with Gasteiger partial charge in [-0.1, -0.05) is 39.5 Å². The van der Waals surface area contributed by atoms with Gasteiger partial charge in [-0.05, 0) is 12.8 Å². The van der Waals surface area contributed by atoms with E-state index in [1.807, 2.05) is 0 Å². The first-order chi connectivity index (χ1) is 8.99. The summed E-state index contributed by atoms with van der Waals surface area (Å²) in [7, 11) is 5.27. The van der Waals surface area contributed by atoms with Crippen molar-refractivity contribution in [3.63, 3.8) is 0 Å². The minimum Gasteiger partial charge on any atom is -0.359 e. The lowest BCUT2D eigenvalue weighted by Gasteiger charge is -2.08. The third kappa shape index (κ3) is 16.9. The van der Waals surface area contributed by atoms with Gasteiger partial charge in [-0.2, -0.15) is 0 Å². The van der Waals surface area contributed by atoms with Gasteiger partial charge in [-0.25, -0.2) is 0 Å².